The van der Waals surface area contributed by atoms with Crippen LogP contribution in [0.4, 0.5) is 0 Å². The highest BCUT2D eigenvalue weighted by molar-refractivity contribution is 5.87. The van der Waals surface area contributed by atoms with Crippen molar-refractivity contribution in [3.8, 4) is 17.1 Å². The van der Waals surface area contributed by atoms with Gasteiger partial charge in [0.1, 0.15) is 0 Å². The van der Waals surface area contributed by atoms with Crippen LogP contribution in [0.1, 0.15) is 11.1 Å². The number of aromatic amines is 1. The molecule has 2 heterocycles. The standard InChI is InChI=1S/C18H15N5O/c1-11-7-9-13(10-8-11)23-17(20-21-22-23)16-12(2)14-5-3-4-6-15(14)19-18(16)24/h3-10H,1-2H3,(H,19,24). The number of hydrogen-bond acceptors (Lipinski definition) is 4. The average molecular weight is 317 g/mol. The number of aromatic nitrogens is 5. The van der Waals surface area contributed by atoms with Crippen molar-refractivity contribution in [1.82, 2.24) is 25.2 Å². The van der Waals surface area contributed by atoms with Crippen molar-refractivity contribution in [3.63, 3.8) is 0 Å². The lowest BCUT2D eigenvalue weighted by atomic mass is 10.0. The second-order valence-corrected chi connectivity index (χ2v) is 5.75. The number of rotatable bonds is 2. The van der Waals surface area contributed by atoms with Crippen molar-refractivity contribution in [3.05, 3.63) is 70.0 Å². The van der Waals surface area contributed by atoms with Gasteiger partial charge < -0.3 is 4.98 Å². The van der Waals surface area contributed by atoms with Crippen LogP contribution in [0.15, 0.2) is 53.3 Å². The minimum Gasteiger partial charge on any atom is -0.321 e. The summed E-state index contributed by atoms with van der Waals surface area (Å²) in [6.45, 7) is 3.93. The molecule has 0 radical (unpaired) electrons. The molecule has 0 saturated heterocycles. The van der Waals surface area contributed by atoms with E-state index in [1.54, 1.807) is 4.68 Å². The van der Waals surface area contributed by atoms with Crippen LogP contribution in [0.25, 0.3) is 28.0 Å². The lowest BCUT2D eigenvalue weighted by molar-refractivity contribution is 0.790. The number of pyridine rings is 1. The summed E-state index contributed by atoms with van der Waals surface area (Å²) in [5.74, 6) is 0.434. The molecule has 2 aromatic heterocycles. The molecule has 0 atom stereocenters. The van der Waals surface area contributed by atoms with E-state index in [2.05, 4.69) is 20.5 Å². The molecule has 4 rings (SSSR count). The Morgan fingerprint density at radius 2 is 1.75 bits per heavy atom. The van der Waals surface area contributed by atoms with E-state index in [1.807, 2.05) is 62.4 Å². The van der Waals surface area contributed by atoms with E-state index >= 15 is 0 Å². The fraction of sp³-hybridized carbons (Fsp3) is 0.111. The Kier molecular flexibility index (Phi) is 3.23. The predicted molar refractivity (Wildman–Crippen MR) is 92.2 cm³/mol. The SMILES string of the molecule is Cc1ccc(-n2nnnc2-c2c(C)c3ccccc3[nH]c2=O)cc1. The Hall–Kier alpha value is -3.28. The first-order chi connectivity index (χ1) is 11.6. The van der Waals surface area contributed by atoms with E-state index < -0.39 is 0 Å². The van der Waals surface area contributed by atoms with Gasteiger partial charge in [0.05, 0.1) is 11.3 Å². The van der Waals surface area contributed by atoms with Crippen LogP contribution >= 0.6 is 0 Å². The fourth-order valence-corrected chi connectivity index (χ4v) is 2.88. The van der Waals surface area contributed by atoms with E-state index in [9.17, 15) is 4.79 Å². The minimum absolute atomic E-state index is 0.200. The summed E-state index contributed by atoms with van der Waals surface area (Å²) >= 11 is 0. The maximum atomic E-state index is 12.6. The maximum absolute atomic E-state index is 12.6. The van der Waals surface area contributed by atoms with Gasteiger partial charge in [0.25, 0.3) is 5.56 Å². The summed E-state index contributed by atoms with van der Waals surface area (Å²) < 4.78 is 1.59. The number of tetrazole rings is 1. The molecule has 2 aromatic carbocycles. The van der Waals surface area contributed by atoms with Crippen LogP contribution in [-0.2, 0) is 0 Å². The Labute approximate surface area is 137 Å². The third-order valence-corrected chi connectivity index (χ3v) is 4.15. The zero-order valence-corrected chi connectivity index (χ0v) is 13.3. The number of H-pyrrole nitrogens is 1. The maximum Gasteiger partial charge on any atom is 0.259 e. The molecule has 24 heavy (non-hydrogen) atoms. The first-order valence-corrected chi connectivity index (χ1v) is 7.62. The summed E-state index contributed by atoms with van der Waals surface area (Å²) in [5, 5.41) is 12.9. The first-order valence-electron chi connectivity index (χ1n) is 7.62. The Bertz CT molecular complexity index is 1090. The Morgan fingerprint density at radius 1 is 1.00 bits per heavy atom. The van der Waals surface area contributed by atoms with Crippen LogP contribution in [0.5, 0.6) is 0 Å². The summed E-state index contributed by atoms with van der Waals surface area (Å²) in [6, 6.07) is 15.5. The molecule has 0 aliphatic heterocycles. The number of nitrogens with one attached hydrogen (secondary N) is 1. The van der Waals surface area contributed by atoms with Crippen molar-refractivity contribution < 1.29 is 0 Å². The van der Waals surface area contributed by atoms with Gasteiger partial charge in [0.2, 0.25) is 0 Å². The summed E-state index contributed by atoms with van der Waals surface area (Å²) in [5.41, 5.74) is 3.91. The van der Waals surface area contributed by atoms with Gasteiger partial charge in [-0.05, 0) is 48.0 Å². The van der Waals surface area contributed by atoms with Gasteiger partial charge >= 0.3 is 0 Å². The van der Waals surface area contributed by atoms with Gasteiger partial charge in [0.15, 0.2) is 5.82 Å². The largest absolute Gasteiger partial charge is 0.321 e. The molecule has 1 N–H and O–H groups in total. The van der Waals surface area contributed by atoms with Crippen LogP contribution in [0.2, 0.25) is 0 Å². The van der Waals surface area contributed by atoms with Crippen LogP contribution in [-0.4, -0.2) is 25.2 Å². The van der Waals surface area contributed by atoms with E-state index in [-0.39, 0.29) is 5.56 Å². The zero-order valence-electron chi connectivity index (χ0n) is 13.3. The van der Waals surface area contributed by atoms with Gasteiger partial charge in [0, 0.05) is 10.9 Å². The molecule has 4 aromatic rings. The Morgan fingerprint density at radius 3 is 2.54 bits per heavy atom. The summed E-state index contributed by atoms with van der Waals surface area (Å²) in [4.78, 5) is 15.5. The van der Waals surface area contributed by atoms with Gasteiger partial charge in [-0.25, -0.2) is 0 Å². The molecule has 118 valence electrons. The van der Waals surface area contributed by atoms with Crippen LogP contribution in [0, 0.1) is 13.8 Å². The highest BCUT2D eigenvalue weighted by Crippen LogP contribution is 2.24. The predicted octanol–water partition coefficient (Wildman–Crippen LogP) is 2.79. The molecule has 6 heteroatoms. The molecule has 0 aliphatic rings. The number of nitrogens with zero attached hydrogens (tertiary/aromatic N) is 4. The molecule has 6 nitrogen and oxygen atoms in total. The second kappa shape index (κ2) is 5.42. The normalized spacial score (nSPS) is 11.1. The molecule has 0 unspecified atom stereocenters. The van der Waals surface area contributed by atoms with Gasteiger partial charge in [-0.3, -0.25) is 4.79 Å². The highest BCUT2D eigenvalue weighted by Gasteiger charge is 2.18. The molecular weight excluding hydrogens is 302 g/mol. The number of benzene rings is 2. The number of hydrogen-bond donors (Lipinski definition) is 1. The highest BCUT2D eigenvalue weighted by atomic mass is 16.1. The van der Waals surface area contributed by atoms with E-state index in [0.29, 0.717) is 11.4 Å². The van der Waals surface area contributed by atoms with E-state index in [1.165, 1.54) is 0 Å². The fourth-order valence-electron chi connectivity index (χ4n) is 2.88. The first kappa shape index (κ1) is 14.3. The van der Waals surface area contributed by atoms with Crippen LogP contribution in [0.3, 0.4) is 0 Å². The van der Waals surface area contributed by atoms with Crippen molar-refractivity contribution >= 4 is 10.9 Å². The second-order valence-electron chi connectivity index (χ2n) is 5.75. The Balaban J connectivity index is 1.98. The third-order valence-electron chi connectivity index (χ3n) is 4.15. The van der Waals surface area contributed by atoms with Crippen molar-refractivity contribution in [2.24, 2.45) is 0 Å². The van der Waals surface area contributed by atoms with Crippen molar-refractivity contribution in [2.75, 3.05) is 0 Å². The topological polar surface area (TPSA) is 76.5 Å². The molecule has 0 bridgehead atoms. The zero-order chi connectivity index (χ0) is 16.7. The third kappa shape index (κ3) is 2.20. The number of fused-ring (bicyclic) bond motifs is 1. The summed E-state index contributed by atoms with van der Waals surface area (Å²) in [7, 11) is 0. The number of para-hydroxylation sites is 1. The van der Waals surface area contributed by atoms with E-state index in [4.69, 9.17) is 0 Å². The lowest BCUT2D eigenvalue weighted by Crippen LogP contribution is -2.14. The number of aryl methyl sites for hydroxylation is 2. The molecular formula is C18H15N5O. The van der Waals surface area contributed by atoms with Crippen molar-refractivity contribution in [1.29, 1.82) is 0 Å². The van der Waals surface area contributed by atoms with Crippen LogP contribution < -0.4 is 5.56 Å². The van der Waals surface area contributed by atoms with Crippen molar-refractivity contribution in [2.45, 2.75) is 13.8 Å². The molecule has 0 aliphatic carbocycles. The molecule has 0 amide bonds. The quantitative estimate of drug-likeness (QED) is 0.617. The molecule has 0 saturated carbocycles. The molecule has 0 fully saturated rings. The smallest absolute Gasteiger partial charge is 0.259 e. The van der Waals surface area contributed by atoms with E-state index in [0.717, 1.165) is 27.7 Å². The average Bonchev–Trinajstić information content (AvgIpc) is 3.05. The van der Waals surface area contributed by atoms with Gasteiger partial charge in [-0.15, -0.1) is 5.10 Å². The minimum atomic E-state index is -0.200. The van der Waals surface area contributed by atoms with Gasteiger partial charge in [-0.1, -0.05) is 35.9 Å². The molecule has 0 spiro atoms. The monoisotopic (exact) mass is 317 g/mol. The summed E-state index contributed by atoms with van der Waals surface area (Å²) in [6.07, 6.45) is 0. The lowest BCUT2D eigenvalue weighted by Gasteiger charge is -2.09. The van der Waals surface area contributed by atoms with Gasteiger partial charge in [-0.2, -0.15) is 4.68 Å².